The Hall–Kier alpha value is -2.69. The molecule has 0 spiro atoms. The molecule has 0 saturated heterocycles. The summed E-state index contributed by atoms with van der Waals surface area (Å²) in [6, 6.07) is 9.70. The summed E-state index contributed by atoms with van der Waals surface area (Å²) in [4.78, 5) is 16.5. The third-order valence-corrected chi connectivity index (χ3v) is 3.21. The van der Waals surface area contributed by atoms with Crippen LogP contribution in [0.2, 0.25) is 0 Å². The van der Waals surface area contributed by atoms with Gasteiger partial charge in [0.15, 0.2) is 5.58 Å². The van der Waals surface area contributed by atoms with E-state index in [0.29, 0.717) is 12.3 Å². The molecule has 0 bridgehead atoms. The molecule has 5 nitrogen and oxygen atoms in total. The largest absolute Gasteiger partial charge is 0.440 e. The number of para-hydroxylation sites is 2. The van der Waals surface area contributed by atoms with E-state index in [9.17, 15) is 0 Å². The van der Waals surface area contributed by atoms with Gasteiger partial charge in [0.1, 0.15) is 11.3 Å². The van der Waals surface area contributed by atoms with Gasteiger partial charge in [-0.15, -0.1) is 0 Å². The summed E-state index contributed by atoms with van der Waals surface area (Å²) in [5.41, 5.74) is 4.48. The topological polar surface area (TPSA) is 67.6 Å². The van der Waals surface area contributed by atoms with Gasteiger partial charge in [0, 0.05) is 5.69 Å². The predicted molar refractivity (Wildman–Crippen MR) is 75.4 cm³/mol. The van der Waals surface area contributed by atoms with Gasteiger partial charge in [-0.2, -0.15) is 0 Å². The van der Waals surface area contributed by atoms with Gasteiger partial charge in [0.2, 0.25) is 5.89 Å². The molecule has 0 aliphatic heterocycles. The highest BCUT2D eigenvalue weighted by atomic mass is 16.3. The van der Waals surface area contributed by atoms with E-state index in [1.165, 1.54) is 0 Å². The van der Waals surface area contributed by atoms with Gasteiger partial charge >= 0.3 is 0 Å². The number of nitrogens with one attached hydrogen (secondary N) is 1. The van der Waals surface area contributed by atoms with Crippen molar-refractivity contribution in [3.05, 3.63) is 53.9 Å². The summed E-state index contributed by atoms with van der Waals surface area (Å²) < 4.78 is 5.70. The van der Waals surface area contributed by atoms with Crippen molar-refractivity contribution >= 4 is 22.1 Å². The molecule has 0 fully saturated rings. The number of fused-ring (bicyclic) bond motifs is 2. The molecule has 0 radical (unpaired) electrons. The molecule has 0 aliphatic carbocycles. The number of aromatic amines is 1. The van der Waals surface area contributed by atoms with E-state index in [1.807, 2.05) is 37.3 Å². The Morgan fingerprint density at radius 2 is 2.05 bits per heavy atom. The highest BCUT2D eigenvalue weighted by Crippen LogP contribution is 2.18. The molecule has 4 rings (SSSR count). The van der Waals surface area contributed by atoms with E-state index in [2.05, 4.69) is 19.9 Å². The van der Waals surface area contributed by atoms with Gasteiger partial charge in [0.25, 0.3) is 0 Å². The molecule has 1 N–H and O–H groups in total. The molecular weight excluding hydrogens is 252 g/mol. The number of rotatable bonds is 2. The number of imidazole rings is 1. The van der Waals surface area contributed by atoms with Crippen LogP contribution in [0.25, 0.3) is 22.1 Å². The lowest BCUT2D eigenvalue weighted by molar-refractivity contribution is 0.540. The number of oxazole rings is 1. The highest BCUT2D eigenvalue weighted by molar-refractivity contribution is 5.74. The number of nitrogens with zero attached hydrogens (tertiary/aromatic N) is 3. The maximum atomic E-state index is 5.70. The number of hydrogen-bond donors (Lipinski definition) is 1. The second-order valence-corrected chi connectivity index (χ2v) is 4.78. The average Bonchev–Trinajstić information content (AvgIpc) is 3.00. The van der Waals surface area contributed by atoms with Crippen LogP contribution in [0, 0.1) is 6.92 Å². The molecule has 3 aromatic heterocycles. The monoisotopic (exact) mass is 264 g/mol. The lowest BCUT2D eigenvalue weighted by Crippen LogP contribution is -1.90. The fourth-order valence-corrected chi connectivity index (χ4v) is 2.29. The molecule has 0 saturated carbocycles. The van der Waals surface area contributed by atoms with Crippen LogP contribution in [0.1, 0.15) is 17.4 Å². The van der Waals surface area contributed by atoms with Crippen molar-refractivity contribution < 1.29 is 4.42 Å². The maximum Gasteiger partial charge on any atom is 0.203 e. The summed E-state index contributed by atoms with van der Waals surface area (Å²) in [6.45, 7) is 1.95. The van der Waals surface area contributed by atoms with Crippen LogP contribution in [0.15, 0.2) is 40.9 Å². The molecule has 1 aromatic carbocycles. The van der Waals surface area contributed by atoms with Gasteiger partial charge in [-0.25, -0.2) is 9.97 Å². The molecule has 98 valence electrons. The second-order valence-electron chi connectivity index (χ2n) is 4.78. The van der Waals surface area contributed by atoms with Crippen molar-refractivity contribution in [2.45, 2.75) is 13.3 Å². The normalized spacial score (nSPS) is 11.4. The molecule has 5 heteroatoms. The first-order valence-corrected chi connectivity index (χ1v) is 6.43. The number of H-pyrrole nitrogens is 1. The third kappa shape index (κ3) is 1.84. The van der Waals surface area contributed by atoms with Crippen LogP contribution < -0.4 is 0 Å². The minimum Gasteiger partial charge on any atom is -0.440 e. The minimum absolute atomic E-state index is 0.544. The fourth-order valence-electron chi connectivity index (χ4n) is 2.29. The zero-order valence-corrected chi connectivity index (χ0v) is 10.9. The van der Waals surface area contributed by atoms with Crippen molar-refractivity contribution in [2.24, 2.45) is 0 Å². The van der Waals surface area contributed by atoms with Gasteiger partial charge in [-0.05, 0) is 25.1 Å². The standard InChI is InChI=1S/C15H12N4O/c1-9-6-11-12(8-16-9)18-14(17-11)7-15-19-10-4-2-3-5-13(10)20-15/h2-6,8H,7H2,1H3,(H,17,18). The zero-order chi connectivity index (χ0) is 13.5. The van der Waals surface area contributed by atoms with E-state index in [0.717, 1.165) is 33.7 Å². The van der Waals surface area contributed by atoms with Crippen molar-refractivity contribution in [3.63, 3.8) is 0 Å². The minimum atomic E-state index is 0.544. The van der Waals surface area contributed by atoms with E-state index in [1.54, 1.807) is 6.20 Å². The number of aryl methyl sites for hydroxylation is 1. The SMILES string of the molecule is Cc1cc2nc(Cc3nc4ccccc4o3)[nH]c2cn1. The van der Waals surface area contributed by atoms with Crippen molar-refractivity contribution in [3.8, 4) is 0 Å². The highest BCUT2D eigenvalue weighted by Gasteiger charge is 2.09. The van der Waals surface area contributed by atoms with Crippen LogP contribution in [0.5, 0.6) is 0 Å². The third-order valence-electron chi connectivity index (χ3n) is 3.21. The van der Waals surface area contributed by atoms with Crippen LogP contribution in [-0.4, -0.2) is 19.9 Å². The summed E-state index contributed by atoms with van der Waals surface area (Å²) in [6.07, 6.45) is 2.34. The summed E-state index contributed by atoms with van der Waals surface area (Å²) in [5, 5.41) is 0. The lowest BCUT2D eigenvalue weighted by Gasteiger charge is -1.89. The van der Waals surface area contributed by atoms with Gasteiger partial charge < -0.3 is 9.40 Å². The Kier molecular flexibility index (Phi) is 2.32. The Bertz CT molecular complexity index is 873. The quantitative estimate of drug-likeness (QED) is 0.604. The first kappa shape index (κ1) is 11.2. The van der Waals surface area contributed by atoms with E-state index in [-0.39, 0.29) is 0 Å². The van der Waals surface area contributed by atoms with E-state index in [4.69, 9.17) is 4.42 Å². The van der Waals surface area contributed by atoms with Gasteiger partial charge in [-0.1, -0.05) is 12.1 Å². The smallest absolute Gasteiger partial charge is 0.203 e. The van der Waals surface area contributed by atoms with Gasteiger partial charge in [-0.3, -0.25) is 4.98 Å². The fraction of sp³-hybridized carbons (Fsp3) is 0.133. The molecule has 20 heavy (non-hydrogen) atoms. The van der Waals surface area contributed by atoms with E-state index < -0.39 is 0 Å². The van der Waals surface area contributed by atoms with Crippen LogP contribution >= 0.6 is 0 Å². The molecule has 0 amide bonds. The Labute approximate surface area is 114 Å². The number of hydrogen-bond acceptors (Lipinski definition) is 4. The Balaban J connectivity index is 1.72. The van der Waals surface area contributed by atoms with Crippen LogP contribution in [-0.2, 0) is 6.42 Å². The number of aromatic nitrogens is 4. The van der Waals surface area contributed by atoms with Crippen molar-refractivity contribution in [1.29, 1.82) is 0 Å². The molecule has 4 aromatic rings. The van der Waals surface area contributed by atoms with Gasteiger partial charge in [0.05, 0.1) is 23.7 Å². The number of benzene rings is 1. The van der Waals surface area contributed by atoms with Crippen molar-refractivity contribution in [1.82, 2.24) is 19.9 Å². The molecular formula is C15H12N4O. The molecule has 0 aliphatic rings. The summed E-state index contributed by atoms with van der Waals surface area (Å²) in [5.74, 6) is 1.49. The summed E-state index contributed by atoms with van der Waals surface area (Å²) in [7, 11) is 0. The molecule has 0 unspecified atom stereocenters. The summed E-state index contributed by atoms with van der Waals surface area (Å²) >= 11 is 0. The maximum absolute atomic E-state index is 5.70. The Morgan fingerprint density at radius 1 is 1.15 bits per heavy atom. The van der Waals surface area contributed by atoms with Crippen LogP contribution in [0.3, 0.4) is 0 Å². The number of pyridine rings is 1. The molecule has 3 heterocycles. The van der Waals surface area contributed by atoms with Crippen LogP contribution in [0.4, 0.5) is 0 Å². The predicted octanol–water partition coefficient (Wildman–Crippen LogP) is 3.00. The van der Waals surface area contributed by atoms with Crippen molar-refractivity contribution in [2.75, 3.05) is 0 Å². The Morgan fingerprint density at radius 3 is 2.95 bits per heavy atom. The average molecular weight is 264 g/mol. The first-order chi connectivity index (χ1) is 9.78. The molecule has 0 atom stereocenters. The first-order valence-electron chi connectivity index (χ1n) is 6.43. The second kappa shape index (κ2) is 4.16. The van der Waals surface area contributed by atoms with E-state index >= 15 is 0 Å². The lowest BCUT2D eigenvalue weighted by atomic mass is 10.3. The zero-order valence-electron chi connectivity index (χ0n) is 10.9.